The maximum Gasteiger partial charge on any atom is 0.159 e. The van der Waals surface area contributed by atoms with Crippen LogP contribution in [0.5, 0.6) is 5.75 Å². The van der Waals surface area contributed by atoms with Crippen LogP contribution in [0.15, 0.2) is 186 Å². The molecule has 3 unspecified atom stereocenters. The lowest BCUT2D eigenvalue weighted by atomic mass is 9.85. The average molecular weight is 706 g/mol. The van der Waals surface area contributed by atoms with Gasteiger partial charge in [0, 0.05) is 28.2 Å². The molecule has 55 heavy (non-hydrogen) atoms. The zero-order valence-corrected chi connectivity index (χ0v) is 29.9. The molecule has 4 nitrogen and oxygen atoms in total. The molecule has 0 saturated heterocycles. The van der Waals surface area contributed by atoms with Gasteiger partial charge in [-0.1, -0.05) is 164 Å². The predicted molar refractivity (Wildman–Crippen MR) is 226 cm³/mol. The summed E-state index contributed by atoms with van der Waals surface area (Å²) in [4.78, 5) is 10.5. The van der Waals surface area contributed by atoms with E-state index in [4.69, 9.17) is 14.7 Å². The Kier molecular flexibility index (Phi) is 7.34. The summed E-state index contributed by atoms with van der Waals surface area (Å²) in [7, 11) is 0. The Morgan fingerprint density at radius 3 is 2.05 bits per heavy atom. The zero-order valence-electron chi connectivity index (χ0n) is 29.9. The lowest BCUT2D eigenvalue weighted by molar-refractivity contribution is 0.288. The number of ether oxygens (including phenoxy) is 1. The fourth-order valence-corrected chi connectivity index (χ4v) is 8.51. The average Bonchev–Trinajstić information content (AvgIpc) is 3.62. The van der Waals surface area contributed by atoms with E-state index in [-0.39, 0.29) is 18.2 Å². The first kappa shape index (κ1) is 31.5. The molecular weight excluding hydrogens is 671 g/mol. The summed E-state index contributed by atoms with van der Waals surface area (Å²) in [5.74, 6) is 2.62. The summed E-state index contributed by atoms with van der Waals surface area (Å²) in [6.45, 7) is 0. The number of benzene rings is 8. The molecule has 0 radical (unpaired) electrons. The van der Waals surface area contributed by atoms with Gasteiger partial charge in [-0.25, -0.2) is 9.98 Å². The van der Waals surface area contributed by atoms with Crippen molar-refractivity contribution >= 4 is 45.4 Å². The van der Waals surface area contributed by atoms with Crippen LogP contribution in [0.3, 0.4) is 0 Å². The largest absolute Gasteiger partial charge is 0.485 e. The van der Waals surface area contributed by atoms with E-state index in [9.17, 15) is 0 Å². The quantitative estimate of drug-likeness (QED) is 0.194. The van der Waals surface area contributed by atoms with Crippen molar-refractivity contribution in [2.45, 2.75) is 18.2 Å². The van der Waals surface area contributed by atoms with Gasteiger partial charge in [0.05, 0.1) is 0 Å². The van der Waals surface area contributed by atoms with Gasteiger partial charge in [-0.05, 0) is 78.5 Å². The van der Waals surface area contributed by atoms with E-state index in [1.54, 1.807) is 0 Å². The minimum Gasteiger partial charge on any atom is -0.485 e. The van der Waals surface area contributed by atoms with E-state index in [0.717, 1.165) is 44.6 Å². The van der Waals surface area contributed by atoms with Crippen LogP contribution in [-0.2, 0) is 0 Å². The summed E-state index contributed by atoms with van der Waals surface area (Å²) >= 11 is 0. The van der Waals surface area contributed by atoms with Crippen LogP contribution in [0, 0.1) is 0 Å². The molecule has 8 aromatic carbocycles. The number of amidine groups is 2. The standard InChI is InChI=1S/C51H35N3O/c1-2-10-32(11-3-1)39-26-27-42-40(28-39)16-8-18-44(42)51-53-49(52-50(54-51)41-25-20-33-12-4-5-13-36(33)29-41)35-23-21-34(22-24-35)43-17-9-19-46-48(43)45-30-37-14-6-7-15-38(37)31-47(45)55-46/h1-31,45,47,51H,(H,52,53,54). The van der Waals surface area contributed by atoms with Crippen molar-refractivity contribution in [2.24, 2.45) is 9.98 Å². The minimum atomic E-state index is -0.340. The van der Waals surface area contributed by atoms with Crippen molar-refractivity contribution < 1.29 is 4.74 Å². The fraction of sp³-hybridized carbons (Fsp3) is 0.0588. The molecule has 0 spiro atoms. The number of hydrogen-bond donors (Lipinski definition) is 1. The molecular formula is C51H35N3O. The molecule has 0 fully saturated rings. The Labute approximate surface area is 319 Å². The lowest BCUT2D eigenvalue weighted by Crippen LogP contribution is -2.34. The number of hydrogen-bond acceptors (Lipinski definition) is 4. The summed E-state index contributed by atoms with van der Waals surface area (Å²) in [5, 5.41) is 10.9. The molecule has 0 bridgehead atoms. The van der Waals surface area contributed by atoms with Crippen molar-refractivity contribution in [3.05, 3.63) is 209 Å². The lowest BCUT2D eigenvalue weighted by Gasteiger charge is -2.25. The maximum atomic E-state index is 6.51. The van der Waals surface area contributed by atoms with Crippen LogP contribution in [0.4, 0.5) is 0 Å². The molecule has 260 valence electrons. The Bertz CT molecular complexity index is 3000. The Balaban J connectivity index is 0.982. The Hall–Kier alpha value is -7.04. The Morgan fingerprint density at radius 1 is 0.491 bits per heavy atom. The van der Waals surface area contributed by atoms with Crippen LogP contribution < -0.4 is 20.5 Å². The summed E-state index contributed by atoms with van der Waals surface area (Å²) < 4.78 is 6.51. The summed E-state index contributed by atoms with van der Waals surface area (Å²) in [5.41, 5.74) is 9.09. The second-order valence-electron chi connectivity index (χ2n) is 14.5. The van der Waals surface area contributed by atoms with Gasteiger partial charge in [0.25, 0.3) is 0 Å². The molecule has 3 aliphatic rings. The van der Waals surface area contributed by atoms with Gasteiger partial charge in [-0.15, -0.1) is 0 Å². The molecule has 0 amide bonds. The SMILES string of the molecule is C1=c2ccccc2=CC2c3c(cccc3-c3ccc(C4=NC(c5ccc6ccccc6c5)=NC(c5cccc6cc(-c7ccccc7)ccc56)N4)cc3)OC12. The number of rotatable bonds is 5. The molecule has 4 heteroatoms. The van der Waals surface area contributed by atoms with E-state index in [1.165, 1.54) is 43.5 Å². The van der Waals surface area contributed by atoms with E-state index < -0.39 is 0 Å². The number of aliphatic imine (C=N–C) groups is 2. The number of fused-ring (bicyclic) bond motifs is 6. The first-order valence-corrected chi connectivity index (χ1v) is 18.9. The summed E-state index contributed by atoms with van der Waals surface area (Å²) in [6, 6.07) is 62.4. The molecule has 0 aromatic heterocycles. The number of nitrogens with one attached hydrogen (secondary N) is 1. The van der Waals surface area contributed by atoms with Gasteiger partial charge in [-0.2, -0.15) is 0 Å². The van der Waals surface area contributed by atoms with E-state index in [0.29, 0.717) is 5.84 Å². The predicted octanol–water partition coefficient (Wildman–Crippen LogP) is 9.94. The molecule has 8 aromatic rings. The van der Waals surface area contributed by atoms with Gasteiger partial charge in [0.2, 0.25) is 0 Å². The van der Waals surface area contributed by atoms with Gasteiger partial charge in [0.15, 0.2) is 5.84 Å². The molecule has 1 N–H and O–H groups in total. The van der Waals surface area contributed by atoms with Gasteiger partial charge in [0.1, 0.15) is 23.9 Å². The molecule has 11 rings (SSSR count). The monoisotopic (exact) mass is 705 g/mol. The topological polar surface area (TPSA) is 46.0 Å². The van der Waals surface area contributed by atoms with Crippen LogP contribution in [0.25, 0.3) is 56.0 Å². The second-order valence-corrected chi connectivity index (χ2v) is 14.5. The van der Waals surface area contributed by atoms with Gasteiger partial charge >= 0.3 is 0 Å². The summed E-state index contributed by atoms with van der Waals surface area (Å²) in [6.07, 6.45) is 4.29. The Morgan fingerprint density at radius 2 is 1.18 bits per heavy atom. The third-order valence-electron chi connectivity index (χ3n) is 11.3. The first-order chi connectivity index (χ1) is 27.2. The smallest absolute Gasteiger partial charge is 0.159 e. The normalized spacial score (nSPS) is 18.1. The van der Waals surface area contributed by atoms with Crippen molar-refractivity contribution in [3.8, 4) is 28.0 Å². The fourth-order valence-electron chi connectivity index (χ4n) is 8.51. The highest BCUT2D eigenvalue weighted by Crippen LogP contribution is 2.46. The highest BCUT2D eigenvalue weighted by molar-refractivity contribution is 6.14. The van der Waals surface area contributed by atoms with Gasteiger partial charge in [-0.3, -0.25) is 0 Å². The third-order valence-corrected chi connectivity index (χ3v) is 11.3. The highest BCUT2D eigenvalue weighted by Gasteiger charge is 2.35. The maximum absolute atomic E-state index is 6.51. The van der Waals surface area contributed by atoms with Crippen molar-refractivity contribution in [1.29, 1.82) is 0 Å². The van der Waals surface area contributed by atoms with Crippen LogP contribution in [0.1, 0.15) is 34.3 Å². The van der Waals surface area contributed by atoms with Gasteiger partial charge < -0.3 is 10.1 Å². The third kappa shape index (κ3) is 5.53. The van der Waals surface area contributed by atoms with Crippen molar-refractivity contribution in [2.75, 3.05) is 0 Å². The van der Waals surface area contributed by atoms with Crippen LogP contribution >= 0.6 is 0 Å². The first-order valence-electron chi connectivity index (χ1n) is 18.9. The van der Waals surface area contributed by atoms with E-state index in [2.05, 4.69) is 193 Å². The minimum absolute atomic E-state index is 0.00476. The molecule has 0 saturated carbocycles. The molecule has 2 heterocycles. The molecule has 3 atom stereocenters. The van der Waals surface area contributed by atoms with E-state index in [1.807, 2.05) is 0 Å². The van der Waals surface area contributed by atoms with Crippen LogP contribution in [0.2, 0.25) is 0 Å². The highest BCUT2D eigenvalue weighted by atomic mass is 16.5. The van der Waals surface area contributed by atoms with Crippen LogP contribution in [-0.4, -0.2) is 17.8 Å². The zero-order chi connectivity index (χ0) is 36.3. The molecule has 2 aliphatic heterocycles. The number of nitrogens with zero attached hydrogens (tertiary/aromatic N) is 2. The van der Waals surface area contributed by atoms with E-state index >= 15 is 0 Å². The molecule has 1 aliphatic carbocycles. The van der Waals surface area contributed by atoms with Crippen molar-refractivity contribution in [1.82, 2.24) is 5.32 Å². The van der Waals surface area contributed by atoms with Crippen molar-refractivity contribution in [3.63, 3.8) is 0 Å². The second kappa shape index (κ2) is 12.8.